The highest BCUT2D eigenvalue weighted by molar-refractivity contribution is 6.16. The first-order valence-electron chi connectivity index (χ1n) is 5.63. The highest BCUT2D eigenvalue weighted by Gasteiger charge is 2.34. The third-order valence-corrected chi connectivity index (χ3v) is 2.83. The van der Waals surface area contributed by atoms with Gasteiger partial charge in [0.05, 0.1) is 11.6 Å². The SMILES string of the molecule is CC(=O)CC1C(=O)N(c2ccc(F)cc2)N=C1C. The highest BCUT2D eigenvalue weighted by Crippen LogP contribution is 2.25. The Balaban J connectivity index is 2.25. The Bertz CT molecular complexity index is 522. The van der Waals surface area contributed by atoms with Crippen LogP contribution in [0.2, 0.25) is 0 Å². The van der Waals surface area contributed by atoms with E-state index >= 15 is 0 Å². The van der Waals surface area contributed by atoms with Crippen LogP contribution in [0.4, 0.5) is 10.1 Å². The highest BCUT2D eigenvalue weighted by atomic mass is 19.1. The second kappa shape index (κ2) is 4.68. The molecule has 0 N–H and O–H groups in total. The summed E-state index contributed by atoms with van der Waals surface area (Å²) in [5.74, 6) is -1.16. The van der Waals surface area contributed by atoms with E-state index in [1.54, 1.807) is 6.92 Å². The van der Waals surface area contributed by atoms with Gasteiger partial charge in [-0.25, -0.2) is 9.40 Å². The van der Waals surface area contributed by atoms with Gasteiger partial charge in [0.1, 0.15) is 11.6 Å². The topological polar surface area (TPSA) is 49.7 Å². The van der Waals surface area contributed by atoms with Gasteiger partial charge in [-0.05, 0) is 38.1 Å². The molecule has 0 fully saturated rings. The molecule has 1 aliphatic rings. The molecular weight excluding hydrogens is 235 g/mol. The average Bonchev–Trinajstić information content (AvgIpc) is 2.58. The number of hydrogen-bond acceptors (Lipinski definition) is 3. The molecule has 0 aliphatic carbocycles. The Hall–Kier alpha value is -2.04. The van der Waals surface area contributed by atoms with Crippen LogP contribution in [-0.2, 0) is 9.59 Å². The molecule has 5 heteroatoms. The minimum Gasteiger partial charge on any atom is -0.300 e. The standard InChI is InChI=1S/C13H13FN2O2/c1-8(17)7-12-9(2)15-16(13(12)18)11-5-3-10(14)4-6-11/h3-6,12H,7H2,1-2H3. The molecule has 1 aromatic rings. The maximum atomic E-state index is 12.8. The molecule has 94 valence electrons. The van der Waals surface area contributed by atoms with E-state index in [9.17, 15) is 14.0 Å². The van der Waals surface area contributed by atoms with Gasteiger partial charge in [-0.15, -0.1) is 0 Å². The van der Waals surface area contributed by atoms with E-state index in [-0.39, 0.29) is 23.9 Å². The minimum absolute atomic E-state index is 0.0520. The van der Waals surface area contributed by atoms with Gasteiger partial charge in [0, 0.05) is 12.1 Å². The molecule has 0 saturated carbocycles. The molecule has 4 nitrogen and oxygen atoms in total. The number of halogens is 1. The largest absolute Gasteiger partial charge is 0.300 e. The summed E-state index contributed by atoms with van der Waals surface area (Å²) in [6.45, 7) is 3.16. The first kappa shape index (κ1) is 12.4. The summed E-state index contributed by atoms with van der Waals surface area (Å²) in [7, 11) is 0. The van der Waals surface area contributed by atoms with Crippen LogP contribution in [0.1, 0.15) is 20.3 Å². The van der Waals surface area contributed by atoms with Crippen LogP contribution in [0.15, 0.2) is 29.4 Å². The number of carbonyl (C=O) groups excluding carboxylic acids is 2. The van der Waals surface area contributed by atoms with Gasteiger partial charge < -0.3 is 0 Å². The van der Waals surface area contributed by atoms with Crippen molar-refractivity contribution in [1.29, 1.82) is 0 Å². The Morgan fingerprint density at radius 2 is 2.00 bits per heavy atom. The van der Waals surface area contributed by atoms with E-state index in [4.69, 9.17) is 0 Å². The smallest absolute Gasteiger partial charge is 0.256 e. The Kier molecular flexibility index (Phi) is 3.23. The lowest BCUT2D eigenvalue weighted by Crippen LogP contribution is -2.28. The van der Waals surface area contributed by atoms with Crippen molar-refractivity contribution in [1.82, 2.24) is 0 Å². The number of hydrazone groups is 1. The average molecular weight is 248 g/mol. The van der Waals surface area contributed by atoms with Gasteiger partial charge >= 0.3 is 0 Å². The summed E-state index contributed by atoms with van der Waals surface area (Å²) in [5.41, 5.74) is 1.12. The third-order valence-electron chi connectivity index (χ3n) is 2.83. The molecular formula is C13H13FN2O2. The summed E-state index contributed by atoms with van der Waals surface area (Å²) >= 11 is 0. The van der Waals surface area contributed by atoms with Gasteiger partial charge in [-0.1, -0.05) is 0 Å². The maximum Gasteiger partial charge on any atom is 0.256 e. The number of rotatable bonds is 3. The molecule has 2 rings (SSSR count). The van der Waals surface area contributed by atoms with Crippen molar-refractivity contribution in [2.75, 3.05) is 5.01 Å². The van der Waals surface area contributed by atoms with Gasteiger partial charge in [-0.2, -0.15) is 5.10 Å². The van der Waals surface area contributed by atoms with Crippen molar-refractivity contribution in [3.05, 3.63) is 30.1 Å². The number of hydrogen-bond donors (Lipinski definition) is 0. The van der Waals surface area contributed by atoms with Crippen molar-refractivity contribution in [3.63, 3.8) is 0 Å². The summed E-state index contributed by atoms with van der Waals surface area (Å²) in [4.78, 5) is 23.2. The van der Waals surface area contributed by atoms with E-state index in [2.05, 4.69) is 5.10 Å². The molecule has 1 aromatic carbocycles. The van der Waals surface area contributed by atoms with Gasteiger partial charge in [0.25, 0.3) is 5.91 Å². The maximum absolute atomic E-state index is 12.8. The number of ketones is 1. The zero-order valence-electron chi connectivity index (χ0n) is 10.2. The van der Waals surface area contributed by atoms with Crippen LogP contribution in [0, 0.1) is 11.7 Å². The second-order valence-electron chi connectivity index (χ2n) is 4.33. The number of amides is 1. The zero-order chi connectivity index (χ0) is 13.3. The molecule has 1 amide bonds. The number of nitrogens with zero attached hydrogens (tertiary/aromatic N) is 2. The second-order valence-corrected chi connectivity index (χ2v) is 4.33. The quantitative estimate of drug-likeness (QED) is 0.822. The summed E-state index contributed by atoms with van der Waals surface area (Å²) < 4.78 is 12.8. The molecule has 0 spiro atoms. The lowest BCUT2D eigenvalue weighted by Gasteiger charge is -2.13. The Labute approximate surface area is 104 Å². The first-order valence-corrected chi connectivity index (χ1v) is 5.63. The van der Waals surface area contributed by atoms with Crippen molar-refractivity contribution in [2.24, 2.45) is 11.0 Å². The van der Waals surface area contributed by atoms with Gasteiger partial charge in [-0.3, -0.25) is 9.59 Å². The molecule has 1 aliphatic heterocycles. The zero-order valence-corrected chi connectivity index (χ0v) is 10.2. The monoisotopic (exact) mass is 248 g/mol. The van der Waals surface area contributed by atoms with E-state index in [1.807, 2.05) is 0 Å². The van der Waals surface area contributed by atoms with Gasteiger partial charge in [0.15, 0.2) is 0 Å². The normalized spacial score (nSPS) is 19.1. The van der Waals surface area contributed by atoms with Crippen LogP contribution in [0.5, 0.6) is 0 Å². The van der Waals surface area contributed by atoms with Crippen molar-refractivity contribution in [2.45, 2.75) is 20.3 Å². The molecule has 0 saturated heterocycles. The van der Waals surface area contributed by atoms with Crippen molar-refractivity contribution >= 4 is 23.1 Å². The molecule has 0 bridgehead atoms. The predicted octanol–water partition coefficient (Wildman–Crippen LogP) is 2.14. The van der Waals surface area contributed by atoms with Crippen LogP contribution in [0.25, 0.3) is 0 Å². The fraction of sp³-hybridized carbons (Fsp3) is 0.308. The van der Waals surface area contributed by atoms with Crippen LogP contribution >= 0.6 is 0 Å². The van der Waals surface area contributed by atoms with E-state index in [0.717, 1.165) is 0 Å². The summed E-state index contributed by atoms with van der Waals surface area (Å²) in [6.07, 6.45) is 0.159. The Morgan fingerprint density at radius 3 is 2.56 bits per heavy atom. The van der Waals surface area contributed by atoms with Crippen LogP contribution in [0.3, 0.4) is 0 Å². The number of carbonyl (C=O) groups is 2. The van der Waals surface area contributed by atoms with E-state index in [1.165, 1.54) is 36.2 Å². The Morgan fingerprint density at radius 1 is 1.39 bits per heavy atom. The molecule has 0 radical (unpaired) electrons. The summed E-state index contributed by atoms with van der Waals surface area (Å²) in [6, 6.07) is 5.51. The molecule has 1 unspecified atom stereocenters. The number of benzene rings is 1. The fourth-order valence-electron chi connectivity index (χ4n) is 1.89. The molecule has 1 heterocycles. The number of anilines is 1. The predicted molar refractivity (Wildman–Crippen MR) is 65.8 cm³/mol. The third kappa shape index (κ3) is 2.30. The first-order chi connectivity index (χ1) is 8.49. The lowest BCUT2D eigenvalue weighted by molar-refractivity contribution is -0.124. The van der Waals surface area contributed by atoms with E-state index in [0.29, 0.717) is 11.4 Å². The minimum atomic E-state index is -0.493. The molecule has 1 atom stereocenters. The van der Waals surface area contributed by atoms with Crippen molar-refractivity contribution < 1.29 is 14.0 Å². The number of Topliss-reactive ketones (excluding diaryl/α,β-unsaturated/α-hetero) is 1. The van der Waals surface area contributed by atoms with Crippen molar-refractivity contribution in [3.8, 4) is 0 Å². The molecule has 18 heavy (non-hydrogen) atoms. The van der Waals surface area contributed by atoms with Crippen LogP contribution in [-0.4, -0.2) is 17.4 Å². The summed E-state index contributed by atoms with van der Waals surface area (Å²) in [5, 5.41) is 5.35. The lowest BCUT2D eigenvalue weighted by atomic mass is 9.98. The van der Waals surface area contributed by atoms with Gasteiger partial charge in [0.2, 0.25) is 0 Å². The molecule has 0 aromatic heterocycles. The van der Waals surface area contributed by atoms with E-state index < -0.39 is 5.92 Å². The van der Waals surface area contributed by atoms with Crippen LogP contribution < -0.4 is 5.01 Å². The fourth-order valence-corrected chi connectivity index (χ4v) is 1.89.